The van der Waals surface area contributed by atoms with Gasteiger partial charge in [-0.1, -0.05) is 188 Å². The lowest BCUT2D eigenvalue weighted by Gasteiger charge is -2.30. The summed E-state index contributed by atoms with van der Waals surface area (Å²) < 4.78 is 0. The Morgan fingerprint density at radius 1 is 0.236 bits per heavy atom. The Hall–Kier alpha value is -7.09. The predicted molar refractivity (Wildman–Crippen MR) is 228 cm³/mol. The van der Waals surface area contributed by atoms with Crippen LogP contribution in [-0.2, 0) is 5.41 Å². The number of fused-ring (bicyclic) bond motifs is 10. The van der Waals surface area contributed by atoms with Crippen molar-refractivity contribution in [2.45, 2.75) is 5.41 Å². The van der Waals surface area contributed by atoms with Crippen molar-refractivity contribution in [2.24, 2.45) is 0 Å². The van der Waals surface area contributed by atoms with E-state index in [-0.39, 0.29) is 5.41 Å². The van der Waals surface area contributed by atoms with Gasteiger partial charge in [-0.25, -0.2) is 4.98 Å². The molecule has 0 unspecified atom stereocenters. The van der Waals surface area contributed by atoms with Crippen LogP contribution in [0.25, 0.3) is 78.1 Å². The zero-order valence-electron chi connectivity index (χ0n) is 30.2. The topological polar surface area (TPSA) is 12.9 Å². The molecule has 1 spiro atoms. The number of benzene rings is 8. The van der Waals surface area contributed by atoms with E-state index in [9.17, 15) is 0 Å². The lowest BCUT2D eigenvalue weighted by Crippen LogP contribution is -2.25. The fraction of sp³-hybridized carbons (Fsp3) is 0.0185. The van der Waals surface area contributed by atoms with E-state index in [0.29, 0.717) is 0 Å². The first kappa shape index (κ1) is 31.4. The molecule has 0 fully saturated rings. The van der Waals surface area contributed by atoms with Gasteiger partial charge in [-0.05, 0) is 102 Å². The second-order valence-corrected chi connectivity index (χ2v) is 14.7. The van der Waals surface area contributed by atoms with Crippen molar-refractivity contribution in [2.75, 3.05) is 0 Å². The fourth-order valence-corrected chi connectivity index (χ4v) is 9.22. The molecule has 55 heavy (non-hydrogen) atoms. The summed E-state index contributed by atoms with van der Waals surface area (Å²) in [5, 5.41) is 0. The molecule has 2 aliphatic carbocycles. The van der Waals surface area contributed by atoms with E-state index in [1.165, 1.54) is 66.8 Å². The first-order chi connectivity index (χ1) is 27.3. The minimum Gasteiger partial charge on any atom is -0.248 e. The molecule has 0 N–H and O–H groups in total. The molecule has 1 heterocycles. The third-order valence-electron chi connectivity index (χ3n) is 11.7. The lowest BCUT2D eigenvalue weighted by atomic mass is 9.70. The number of rotatable bonds is 5. The minimum atomic E-state index is -0.320. The van der Waals surface area contributed by atoms with Crippen molar-refractivity contribution in [3.05, 3.63) is 235 Å². The molecule has 9 aromatic rings. The standard InChI is InChI=1S/C54H35N/c1-3-14-38(15-4-1)52-34-43(35-53(55-52)39-16-5-2-6-17-39)37-28-26-36(27-29-37)40-18-13-19-41(32-40)42-30-31-51-47(33-42)46-22-9-12-25-50(46)54(51)48-23-10-7-20-44(48)45-21-8-11-24-49(45)54/h1-35H. The summed E-state index contributed by atoms with van der Waals surface area (Å²) in [6.07, 6.45) is 0. The molecule has 256 valence electrons. The Labute approximate surface area is 321 Å². The highest BCUT2D eigenvalue weighted by Crippen LogP contribution is 2.62. The van der Waals surface area contributed by atoms with Crippen molar-refractivity contribution in [1.82, 2.24) is 4.98 Å². The van der Waals surface area contributed by atoms with Crippen LogP contribution in [0.5, 0.6) is 0 Å². The zero-order valence-corrected chi connectivity index (χ0v) is 30.2. The van der Waals surface area contributed by atoms with Crippen LogP contribution in [0.4, 0.5) is 0 Å². The number of pyridine rings is 1. The fourth-order valence-electron chi connectivity index (χ4n) is 9.22. The summed E-state index contributed by atoms with van der Waals surface area (Å²) in [6.45, 7) is 0. The normalized spacial score (nSPS) is 12.9. The maximum atomic E-state index is 5.08. The third-order valence-corrected chi connectivity index (χ3v) is 11.7. The van der Waals surface area contributed by atoms with Crippen LogP contribution in [0, 0.1) is 0 Å². The van der Waals surface area contributed by atoms with Crippen molar-refractivity contribution in [3.8, 4) is 78.1 Å². The van der Waals surface area contributed by atoms with Gasteiger partial charge < -0.3 is 0 Å². The van der Waals surface area contributed by atoms with Gasteiger partial charge in [0, 0.05) is 11.1 Å². The molecule has 0 saturated carbocycles. The lowest BCUT2D eigenvalue weighted by molar-refractivity contribution is 0.794. The predicted octanol–water partition coefficient (Wildman–Crippen LogP) is 13.8. The van der Waals surface area contributed by atoms with E-state index in [0.717, 1.165) is 33.6 Å². The van der Waals surface area contributed by atoms with Crippen molar-refractivity contribution >= 4 is 0 Å². The van der Waals surface area contributed by atoms with E-state index in [1.54, 1.807) is 0 Å². The van der Waals surface area contributed by atoms with Gasteiger partial charge in [0.25, 0.3) is 0 Å². The summed E-state index contributed by atoms with van der Waals surface area (Å²) in [6, 6.07) is 77.4. The number of aromatic nitrogens is 1. The van der Waals surface area contributed by atoms with E-state index >= 15 is 0 Å². The highest BCUT2D eigenvalue weighted by molar-refractivity contribution is 5.96. The average molecular weight is 698 g/mol. The molecule has 0 aliphatic heterocycles. The smallest absolute Gasteiger partial charge is 0.0725 e. The van der Waals surface area contributed by atoms with Gasteiger partial charge >= 0.3 is 0 Å². The summed E-state index contributed by atoms with van der Waals surface area (Å²) in [5.74, 6) is 0. The molecular formula is C54H35N. The average Bonchev–Trinajstić information content (AvgIpc) is 3.74. The van der Waals surface area contributed by atoms with Gasteiger partial charge in [0.05, 0.1) is 16.8 Å². The molecular weight excluding hydrogens is 663 g/mol. The van der Waals surface area contributed by atoms with Crippen LogP contribution < -0.4 is 0 Å². The minimum absolute atomic E-state index is 0.320. The van der Waals surface area contributed by atoms with Crippen LogP contribution in [0.3, 0.4) is 0 Å². The van der Waals surface area contributed by atoms with Crippen LogP contribution in [0.15, 0.2) is 212 Å². The number of hydrogen-bond donors (Lipinski definition) is 0. The summed E-state index contributed by atoms with van der Waals surface area (Å²) in [4.78, 5) is 5.08. The number of hydrogen-bond acceptors (Lipinski definition) is 1. The first-order valence-corrected chi connectivity index (χ1v) is 19.0. The van der Waals surface area contributed by atoms with Crippen molar-refractivity contribution < 1.29 is 0 Å². The first-order valence-electron chi connectivity index (χ1n) is 19.0. The van der Waals surface area contributed by atoms with Crippen molar-refractivity contribution in [3.63, 3.8) is 0 Å². The Morgan fingerprint density at radius 3 is 1.16 bits per heavy atom. The molecule has 0 radical (unpaired) electrons. The van der Waals surface area contributed by atoms with Crippen LogP contribution >= 0.6 is 0 Å². The van der Waals surface area contributed by atoms with Gasteiger partial charge in [0.2, 0.25) is 0 Å². The maximum absolute atomic E-state index is 5.08. The van der Waals surface area contributed by atoms with E-state index in [1.807, 2.05) is 12.1 Å². The quantitative estimate of drug-likeness (QED) is 0.174. The van der Waals surface area contributed by atoms with Crippen LogP contribution in [0.1, 0.15) is 22.3 Å². The molecule has 0 atom stereocenters. The Morgan fingerprint density at radius 2 is 0.618 bits per heavy atom. The van der Waals surface area contributed by atoms with Gasteiger partial charge in [0.1, 0.15) is 0 Å². The molecule has 0 saturated heterocycles. The molecule has 8 aromatic carbocycles. The largest absolute Gasteiger partial charge is 0.248 e. The zero-order chi connectivity index (χ0) is 36.3. The Bertz CT molecular complexity index is 2800. The number of nitrogens with zero attached hydrogens (tertiary/aromatic N) is 1. The summed E-state index contributed by atoms with van der Waals surface area (Å²) in [5.41, 5.74) is 21.8. The molecule has 0 amide bonds. The van der Waals surface area contributed by atoms with Gasteiger partial charge in [-0.2, -0.15) is 0 Å². The molecule has 2 aliphatic rings. The SMILES string of the molecule is c1ccc(-c2cc(-c3ccc(-c4cccc(-c5ccc6c(c5)-c5ccccc5C65c6ccccc6-c6ccccc65)c4)cc3)cc(-c3ccccc3)n2)cc1. The van der Waals surface area contributed by atoms with Gasteiger partial charge in [-0.3, -0.25) is 0 Å². The monoisotopic (exact) mass is 697 g/mol. The second kappa shape index (κ2) is 12.5. The van der Waals surface area contributed by atoms with E-state index in [4.69, 9.17) is 4.98 Å². The summed E-state index contributed by atoms with van der Waals surface area (Å²) in [7, 11) is 0. The second-order valence-electron chi connectivity index (χ2n) is 14.7. The van der Waals surface area contributed by atoms with E-state index < -0.39 is 0 Å². The van der Waals surface area contributed by atoms with Crippen molar-refractivity contribution in [1.29, 1.82) is 0 Å². The Balaban J connectivity index is 0.970. The summed E-state index contributed by atoms with van der Waals surface area (Å²) >= 11 is 0. The molecule has 1 heteroatoms. The van der Waals surface area contributed by atoms with Gasteiger partial charge in [0.15, 0.2) is 0 Å². The van der Waals surface area contributed by atoms with Crippen LogP contribution in [-0.4, -0.2) is 4.98 Å². The Kier molecular flexibility index (Phi) is 7.15. The molecule has 0 bridgehead atoms. The third kappa shape index (κ3) is 4.90. The maximum Gasteiger partial charge on any atom is 0.0725 e. The highest BCUT2D eigenvalue weighted by atomic mass is 14.7. The van der Waals surface area contributed by atoms with Gasteiger partial charge in [-0.15, -0.1) is 0 Å². The molecule has 11 rings (SSSR count). The highest BCUT2D eigenvalue weighted by Gasteiger charge is 2.51. The molecule has 1 nitrogen and oxygen atoms in total. The van der Waals surface area contributed by atoms with E-state index in [2.05, 4.69) is 200 Å². The van der Waals surface area contributed by atoms with Crippen LogP contribution in [0.2, 0.25) is 0 Å². The molecule has 1 aromatic heterocycles.